The molecule has 2 saturated heterocycles. The minimum Gasteiger partial charge on any atom is -0.472 e. The van der Waals surface area contributed by atoms with E-state index in [1.807, 2.05) is 27.7 Å². The average molecular weight is 503 g/mol. The van der Waals surface area contributed by atoms with Gasteiger partial charge in [0.1, 0.15) is 23.1 Å². The number of carbonyl (C=O) groups excluding carboxylic acids is 1. The number of hydrogen-bond acceptors (Lipinski definition) is 7. The maximum Gasteiger partial charge on any atom is 0.410 e. The minimum atomic E-state index is -4.59. The molecule has 1 amide bonds. The Morgan fingerprint density at radius 1 is 1.03 bits per heavy atom. The quantitative estimate of drug-likeness (QED) is 0.604. The van der Waals surface area contributed by atoms with Crippen molar-refractivity contribution in [3.8, 4) is 5.88 Å². The average Bonchev–Trinajstić information content (AvgIpc) is 2.70. The predicted molar refractivity (Wildman–Crippen MR) is 127 cm³/mol. The van der Waals surface area contributed by atoms with Crippen molar-refractivity contribution >= 4 is 17.6 Å². The number of hydrogen-bond donors (Lipinski definition) is 0. The van der Waals surface area contributed by atoms with E-state index < -0.39 is 36.1 Å². The van der Waals surface area contributed by atoms with Crippen LogP contribution in [0.15, 0.2) is 12.1 Å². The first-order valence-electron chi connectivity index (χ1n) is 11.9. The van der Waals surface area contributed by atoms with E-state index in [2.05, 4.69) is 9.88 Å². The molecule has 2 aliphatic rings. The highest BCUT2D eigenvalue weighted by molar-refractivity contribution is 5.69. The van der Waals surface area contributed by atoms with Gasteiger partial charge in [0.2, 0.25) is 5.88 Å². The molecular weight excluding hydrogens is 465 g/mol. The fourth-order valence-corrected chi connectivity index (χ4v) is 4.10. The van der Waals surface area contributed by atoms with Crippen molar-refractivity contribution in [2.75, 3.05) is 49.2 Å². The van der Waals surface area contributed by atoms with Crippen LogP contribution in [0, 0.1) is 0 Å². The standard InChI is InChI=1S/C24H37F3N4O4/c1-16-15-33-11-10-30(16)17-12-19(28-20(13-17)34-22(2,3)4)31-9-8-29(14-18(31)24(25,26)27)21(32)35-23(5,6)7/h12-13,16,18H,8-11,14-15H2,1-7H3. The summed E-state index contributed by atoms with van der Waals surface area (Å²) in [4.78, 5) is 21.4. The smallest absolute Gasteiger partial charge is 0.410 e. The van der Waals surface area contributed by atoms with Crippen molar-refractivity contribution in [1.29, 1.82) is 0 Å². The van der Waals surface area contributed by atoms with Gasteiger partial charge < -0.3 is 28.9 Å². The monoisotopic (exact) mass is 502 g/mol. The van der Waals surface area contributed by atoms with Gasteiger partial charge in [-0.05, 0) is 48.5 Å². The molecule has 198 valence electrons. The first-order valence-corrected chi connectivity index (χ1v) is 11.9. The molecule has 0 N–H and O–H groups in total. The number of anilines is 2. The number of piperazine rings is 1. The predicted octanol–water partition coefficient (Wildman–Crippen LogP) is 4.47. The van der Waals surface area contributed by atoms with Crippen LogP contribution >= 0.6 is 0 Å². The van der Waals surface area contributed by atoms with Crippen molar-refractivity contribution in [2.45, 2.75) is 77.9 Å². The van der Waals surface area contributed by atoms with Gasteiger partial charge in [-0.3, -0.25) is 0 Å². The molecule has 2 unspecified atom stereocenters. The number of carbonyl (C=O) groups is 1. The van der Waals surface area contributed by atoms with Crippen molar-refractivity contribution in [2.24, 2.45) is 0 Å². The molecule has 2 aliphatic heterocycles. The summed E-state index contributed by atoms with van der Waals surface area (Å²) in [6, 6.07) is 1.54. The van der Waals surface area contributed by atoms with Crippen LogP contribution in [-0.2, 0) is 9.47 Å². The van der Waals surface area contributed by atoms with Gasteiger partial charge in [0.25, 0.3) is 0 Å². The Kier molecular flexibility index (Phi) is 7.69. The first-order chi connectivity index (χ1) is 16.0. The second-order valence-electron chi connectivity index (χ2n) is 11.0. The molecule has 0 radical (unpaired) electrons. The number of rotatable bonds is 3. The number of nitrogens with zero attached hydrogens (tertiary/aromatic N) is 4. The Bertz CT molecular complexity index is 898. The number of ether oxygens (including phenoxy) is 3. The largest absolute Gasteiger partial charge is 0.472 e. The van der Waals surface area contributed by atoms with Crippen LogP contribution in [0.5, 0.6) is 5.88 Å². The van der Waals surface area contributed by atoms with E-state index in [4.69, 9.17) is 14.2 Å². The van der Waals surface area contributed by atoms with E-state index in [0.29, 0.717) is 19.8 Å². The van der Waals surface area contributed by atoms with Gasteiger partial charge in [-0.1, -0.05) is 0 Å². The molecule has 11 heteroatoms. The molecule has 0 saturated carbocycles. The number of halogens is 3. The van der Waals surface area contributed by atoms with Gasteiger partial charge in [0.05, 0.1) is 19.8 Å². The third-order valence-electron chi connectivity index (χ3n) is 5.59. The SMILES string of the molecule is CC1COCCN1c1cc(OC(C)(C)C)nc(N2CCN(C(=O)OC(C)(C)C)CC2C(F)(F)F)c1. The summed E-state index contributed by atoms with van der Waals surface area (Å²) in [7, 11) is 0. The second-order valence-corrected chi connectivity index (χ2v) is 11.0. The molecule has 2 atom stereocenters. The second kappa shape index (κ2) is 9.91. The van der Waals surface area contributed by atoms with Crippen molar-refractivity contribution in [3.05, 3.63) is 12.1 Å². The number of alkyl halides is 3. The van der Waals surface area contributed by atoms with Gasteiger partial charge in [-0.25, -0.2) is 4.79 Å². The molecular formula is C24H37F3N4O4. The van der Waals surface area contributed by atoms with Crippen LogP contribution < -0.4 is 14.5 Å². The van der Waals surface area contributed by atoms with Crippen molar-refractivity contribution < 1.29 is 32.2 Å². The van der Waals surface area contributed by atoms with E-state index in [0.717, 1.165) is 10.6 Å². The van der Waals surface area contributed by atoms with Crippen LogP contribution in [0.2, 0.25) is 0 Å². The number of amides is 1. The summed E-state index contributed by atoms with van der Waals surface area (Å²) in [5.41, 5.74) is -0.662. The molecule has 1 aromatic heterocycles. The first kappa shape index (κ1) is 27.2. The Hall–Kier alpha value is -2.43. The lowest BCUT2D eigenvalue weighted by Gasteiger charge is -2.43. The van der Waals surface area contributed by atoms with Crippen LogP contribution in [0.3, 0.4) is 0 Å². The zero-order valence-corrected chi connectivity index (χ0v) is 21.6. The van der Waals surface area contributed by atoms with Crippen LogP contribution in [0.4, 0.5) is 29.5 Å². The number of pyridine rings is 1. The fourth-order valence-electron chi connectivity index (χ4n) is 4.10. The Labute approximate surface area is 205 Å². The third kappa shape index (κ3) is 7.28. The molecule has 0 aliphatic carbocycles. The molecule has 0 aromatic carbocycles. The molecule has 1 aromatic rings. The maximum atomic E-state index is 14.2. The zero-order valence-electron chi connectivity index (χ0n) is 21.6. The van der Waals surface area contributed by atoms with Gasteiger partial charge in [0, 0.05) is 43.5 Å². The van der Waals surface area contributed by atoms with E-state index >= 15 is 0 Å². The molecule has 35 heavy (non-hydrogen) atoms. The number of aromatic nitrogens is 1. The lowest BCUT2D eigenvalue weighted by atomic mass is 10.1. The van der Waals surface area contributed by atoms with E-state index in [9.17, 15) is 18.0 Å². The summed E-state index contributed by atoms with van der Waals surface area (Å²) in [6.45, 7) is 13.8. The van der Waals surface area contributed by atoms with E-state index in [1.165, 1.54) is 4.90 Å². The maximum absolute atomic E-state index is 14.2. The summed E-state index contributed by atoms with van der Waals surface area (Å²) >= 11 is 0. The van der Waals surface area contributed by atoms with Crippen LogP contribution in [0.1, 0.15) is 48.5 Å². The van der Waals surface area contributed by atoms with Crippen LogP contribution in [-0.4, -0.2) is 84.8 Å². The lowest BCUT2D eigenvalue weighted by molar-refractivity contribution is -0.155. The van der Waals surface area contributed by atoms with Gasteiger partial charge in [-0.15, -0.1) is 0 Å². The Morgan fingerprint density at radius 3 is 2.29 bits per heavy atom. The molecule has 3 rings (SSSR count). The summed E-state index contributed by atoms with van der Waals surface area (Å²) < 4.78 is 59.5. The van der Waals surface area contributed by atoms with Crippen LogP contribution in [0.25, 0.3) is 0 Å². The number of morpholine rings is 1. The highest BCUT2D eigenvalue weighted by atomic mass is 19.4. The minimum absolute atomic E-state index is 0.0453. The Morgan fingerprint density at radius 2 is 1.71 bits per heavy atom. The highest BCUT2D eigenvalue weighted by Crippen LogP contribution is 2.35. The van der Waals surface area contributed by atoms with Crippen molar-refractivity contribution in [3.63, 3.8) is 0 Å². The van der Waals surface area contributed by atoms with Gasteiger partial charge in [0.15, 0.2) is 0 Å². The van der Waals surface area contributed by atoms with Gasteiger partial charge in [-0.2, -0.15) is 18.2 Å². The summed E-state index contributed by atoms with van der Waals surface area (Å²) in [5.74, 6) is 0.408. The summed E-state index contributed by atoms with van der Waals surface area (Å²) in [5, 5.41) is 0. The zero-order chi connectivity index (χ0) is 26.2. The normalized spacial score (nSPS) is 22.3. The molecule has 3 heterocycles. The fraction of sp³-hybridized carbons (Fsp3) is 0.750. The molecule has 0 spiro atoms. The highest BCUT2D eigenvalue weighted by Gasteiger charge is 2.48. The molecule has 2 fully saturated rings. The van der Waals surface area contributed by atoms with E-state index in [1.54, 1.807) is 32.9 Å². The molecule has 0 bridgehead atoms. The topological polar surface area (TPSA) is 67.4 Å². The van der Waals surface area contributed by atoms with Gasteiger partial charge >= 0.3 is 12.3 Å². The third-order valence-corrected chi connectivity index (χ3v) is 5.59. The van der Waals surface area contributed by atoms with E-state index in [-0.39, 0.29) is 30.8 Å². The Balaban J connectivity index is 1.96. The molecule has 8 nitrogen and oxygen atoms in total. The van der Waals surface area contributed by atoms with Crippen molar-refractivity contribution in [1.82, 2.24) is 9.88 Å². The lowest BCUT2D eigenvalue weighted by Crippen LogP contribution is -2.61. The summed E-state index contributed by atoms with van der Waals surface area (Å²) in [6.07, 6.45) is -5.35.